The largest absolute Gasteiger partial charge is 0.391 e. The zero-order chi connectivity index (χ0) is 15.6. The Hall–Kier alpha value is -1.43. The third kappa shape index (κ3) is 3.16. The summed E-state index contributed by atoms with van der Waals surface area (Å²) in [6.07, 6.45) is 1.70. The number of nitrogens with zero attached hydrogens (tertiary/aromatic N) is 1. The number of carbonyl (C=O) groups is 1. The zero-order valence-electron chi connectivity index (χ0n) is 13.1. The molecular weight excluding hydrogens is 278 g/mol. The van der Waals surface area contributed by atoms with Crippen molar-refractivity contribution in [2.24, 2.45) is 0 Å². The van der Waals surface area contributed by atoms with Crippen molar-refractivity contribution in [1.29, 1.82) is 0 Å². The highest BCUT2D eigenvalue weighted by atomic mass is 16.3. The lowest BCUT2D eigenvalue weighted by Gasteiger charge is -2.51. The molecule has 0 radical (unpaired) electrons. The summed E-state index contributed by atoms with van der Waals surface area (Å²) in [7, 11) is 0. The van der Waals surface area contributed by atoms with Crippen molar-refractivity contribution in [3.8, 4) is 0 Å². The number of carbonyl (C=O) groups excluding carboxylic acids is 1. The summed E-state index contributed by atoms with van der Waals surface area (Å²) in [5.74, 6) is -0.0910. The molecule has 0 bridgehead atoms. The van der Waals surface area contributed by atoms with Gasteiger partial charge in [-0.2, -0.15) is 0 Å². The van der Waals surface area contributed by atoms with Gasteiger partial charge in [0, 0.05) is 25.2 Å². The standard InChI is InChI=1S/C17H25N3O2/c1-13(21)15(20-11-17(12-20)8-5-9-19-17)16(22)18-10-14-6-3-2-4-7-14/h2-4,6-7,13,15,19,21H,5,8-12H2,1H3,(H,18,22)/t13-,15+/m1/s1. The third-order valence-electron chi connectivity index (χ3n) is 4.77. The van der Waals surface area contributed by atoms with Gasteiger partial charge in [-0.1, -0.05) is 30.3 Å². The van der Waals surface area contributed by atoms with E-state index >= 15 is 0 Å². The van der Waals surface area contributed by atoms with E-state index in [1.807, 2.05) is 30.3 Å². The van der Waals surface area contributed by atoms with Crippen LogP contribution in [0.2, 0.25) is 0 Å². The van der Waals surface area contributed by atoms with Gasteiger partial charge in [-0.25, -0.2) is 0 Å². The van der Waals surface area contributed by atoms with Gasteiger partial charge in [0.05, 0.1) is 6.10 Å². The molecule has 2 fully saturated rings. The number of benzene rings is 1. The van der Waals surface area contributed by atoms with E-state index < -0.39 is 12.1 Å². The summed E-state index contributed by atoms with van der Waals surface area (Å²) in [5, 5.41) is 16.5. The van der Waals surface area contributed by atoms with Crippen molar-refractivity contribution in [1.82, 2.24) is 15.5 Å². The maximum Gasteiger partial charge on any atom is 0.240 e. The Kier molecular flexibility index (Phi) is 4.47. The van der Waals surface area contributed by atoms with Crippen molar-refractivity contribution in [3.05, 3.63) is 35.9 Å². The molecule has 2 heterocycles. The summed E-state index contributed by atoms with van der Waals surface area (Å²) in [5.41, 5.74) is 1.25. The van der Waals surface area contributed by atoms with E-state index in [1.165, 1.54) is 12.8 Å². The molecule has 5 heteroatoms. The van der Waals surface area contributed by atoms with Gasteiger partial charge in [0.2, 0.25) is 5.91 Å². The fourth-order valence-corrected chi connectivity index (χ4v) is 3.65. The second kappa shape index (κ2) is 6.36. The van der Waals surface area contributed by atoms with Gasteiger partial charge in [-0.3, -0.25) is 9.69 Å². The molecule has 3 rings (SSSR count). The van der Waals surface area contributed by atoms with Gasteiger partial charge in [0.1, 0.15) is 6.04 Å². The molecule has 2 atom stereocenters. The molecule has 0 aromatic heterocycles. The lowest BCUT2D eigenvalue weighted by molar-refractivity contribution is -0.135. The van der Waals surface area contributed by atoms with Gasteiger partial charge in [-0.15, -0.1) is 0 Å². The topological polar surface area (TPSA) is 64.6 Å². The summed E-state index contributed by atoms with van der Waals surface area (Å²) in [6.45, 7) is 4.95. The first-order valence-corrected chi connectivity index (χ1v) is 8.08. The third-order valence-corrected chi connectivity index (χ3v) is 4.77. The summed E-state index contributed by atoms with van der Waals surface area (Å²) >= 11 is 0. The van der Waals surface area contributed by atoms with Gasteiger partial charge in [0.25, 0.3) is 0 Å². The van der Waals surface area contributed by atoms with Crippen LogP contribution in [0.15, 0.2) is 30.3 Å². The molecule has 3 N–H and O–H groups in total. The number of aliphatic hydroxyl groups excluding tert-OH is 1. The van der Waals surface area contributed by atoms with E-state index in [0.717, 1.165) is 25.2 Å². The molecule has 2 saturated heterocycles. The van der Waals surface area contributed by atoms with Crippen LogP contribution in [-0.2, 0) is 11.3 Å². The molecule has 0 unspecified atom stereocenters. The predicted octanol–water partition coefficient (Wildman–Crippen LogP) is 0.490. The monoisotopic (exact) mass is 303 g/mol. The smallest absolute Gasteiger partial charge is 0.240 e. The van der Waals surface area contributed by atoms with Crippen LogP contribution in [0.1, 0.15) is 25.3 Å². The molecule has 2 aliphatic rings. The van der Waals surface area contributed by atoms with E-state index in [4.69, 9.17) is 0 Å². The van der Waals surface area contributed by atoms with Crippen LogP contribution in [0, 0.1) is 0 Å². The molecule has 2 aliphatic heterocycles. The van der Waals surface area contributed by atoms with Crippen LogP contribution in [0.3, 0.4) is 0 Å². The van der Waals surface area contributed by atoms with Crippen molar-refractivity contribution >= 4 is 5.91 Å². The Morgan fingerprint density at radius 3 is 2.73 bits per heavy atom. The van der Waals surface area contributed by atoms with E-state index in [9.17, 15) is 9.90 Å². The second-order valence-electron chi connectivity index (χ2n) is 6.60. The van der Waals surface area contributed by atoms with Crippen LogP contribution in [-0.4, -0.2) is 53.2 Å². The Bertz CT molecular complexity index is 504. The molecule has 0 aliphatic carbocycles. The molecule has 22 heavy (non-hydrogen) atoms. The van der Waals surface area contributed by atoms with Crippen LogP contribution in [0.25, 0.3) is 0 Å². The average Bonchev–Trinajstić information content (AvgIpc) is 2.95. The van der Waals surface area contributed by atoms with Gasteiger partial charge in [0.15, 0.2) is 0 Å². The van der Waals surface area contributed by atoms with Crippen LogP contribution >= 0.6 is 0 Å². The molecule has 1 amide bonds. The van der Waals surface area contributed by atoms with Gasteiger partial charge >= 0.3 is 0 Å². The lowest BCUT2D eigenvalue weighted by Crippen LogP contribution is -2.72. The number of amides is 1. The molecular formula is C17H25N3O2. The first-order chi connectivity index (χ1) is 10.6. The molecule has 120 valence electrons. The normalized spacial score (nSPS) is 23.0. The van der Waals surface area contributed by atoms with Crippen LogP contribution < -0.4 is 10.6 Å². The Balaban J connectivity index is 1.56. The van der Waals surface area contributed by atoms with E-state index in [0.29, 0.717) is 6.54 Å². The Morgan fingerprint density at radius 2 is 2.14 bits per heavy atom. The molecule has 1 aromatic carbocycles. The van der Waals surface area contributed by atoms with E-state index in [2.05, 4.69) is 15.5 Å². The number of hydrogen-bond donors (Lipinski definition) is 3. The zero-order valence-corrected chi connectivity index (χ0v) is 13.1. The first kappa shape index (κ1) is 15.5. The van der Waals surface area contributed by atoms with Crippen molar-refractivity contribution in [2.75, 3.05) is 19.6 Å². The number of aliphatic hydroxyl groups is 1. The lowest BCUT2D eigenvalue weighted by atomic mass is 9.86. The molecule has 0 saturated carbocycles. The fraction of sp³-hybridized carbons (Fsp3) is 0.588. The second-order valence-corrected chi connectivity index (χ2v) is 6.60. The molecule has 1 spiro atoms. The van der Waals surface area contributed by atoms with Crippen LogP contribution in [0.5, 0.6) is 0 Å². The Labute approximate surface area is 131 Å². The summed E-state index contributed by atoms with van der Waals surface area (Å²) < 4.78 is 0. The first-order valence-electron chi connectivity index (χ1n) is 8.08. The van der Waals surface area contributed by atoms with E-state index in [1.54, 1.807) is 6.92 Å². The quantitative estimate of drug-likeness (QED) is 0.741. The van der Waals surface area contributed by atoms with Crippen molar-refractivity contribution in [2.45, 2.75) is 44.0 Å². The maximum absolute atomic E-state index is 12.5. The van der Waals surface area contributed by atoms with Crippen molar-refractivity contribution in [3.63, 3.8) is 0 Å². The fourth-order valence-electron chi connectivity index (χ4n) is 3.65. The minimum absolute atomic E-state index is 0.0910. The number of nitrogens with one attached hydrogen (secondary N) is 2. The Morgan fingerprint density at radius 1 is 1.41 bits per heavy atom. The van der Waals surface area contributed by atoms with Gasteiger partial charge < -0.3 is 15.7 Å². The highest BCUT2D eigenvalue weighted by Crippen LogP contribution is 2.32. The molecule has 1 aromatic rings. The average molecular weight is 303 g/mol. The van der Waals surface area contributed by atoms with Crippen LogP contribution in [0.4, 0.5) is 0 Å². The maximum atomic E-state index is 12.5. The minimum Gasteiger partial charge on any atom is -0.391 e. The SMILES string of the molecule is C[C@@H](O)[C@@H](C(=O)NCc1ccccc1)N1CC2(CCCN2)C1. The minimum atomic E-state index is -0.672. The number of rotatable bonds is 5. The molecule has 5 nitrogen and oxygen atoms in total. The van der Waals surface area contributed by atoms with E-state index in [-0.39, 0.29) is 11.4 Å². The number of hydrogen-bond acceptors (Lipinski definition) is 4. The van der Waals surface area contributed by atoms with Gasteiger partial charge in [-0.05, 0) is 31.9 Å². The number of likely N-dealkylation sites (tertiary alicyclic amines) is 1. The summed E-state index contributed by atoms with van der Waals surface area (Å²) in [6, 6.07) is 9.38. The van der Waals surface area contributed by atoms with Crippen molar-refractivity contribution < 1.29 is 9.90 Å². The highest BCUT2D eigenvalue weighted by Gasteiger charge is 2.49. The predicted molar refractivity (Wildman–Crippen MR) is 85.3 cm³/mol. The summed E-state index contributed by atoms with van der Waals surface area (Å²) in [4.78, 5) is 14.5. The highest BCUT2D eigenvalue weighted by molar-refractivity contribution is 5.82.